The van der Waals surface area contributed by atoms with Crippen LogP contribution in [0.3, 0.4) is 0 Å². The Bertz CT molecular complexity index is 175. The van der Waals surface area contributed by atoms with Crippen LogP contribution in [0, 0.1) is 13.6 Å². The molecular formula is C8H12N2W. The smallest absolute Gasteiger partial charge is 0.456 e. The van der Waals surface area contributed by atoms with Crippen LogP contribution in [0.1, 0.15) is 25.5 Å². The van der Waals surface area contributed by atoms with Crippen LogP contribution in [0.2, 0.25) is 0 Å². The predicted molar refractivity (Wildman–Crippen MR) is 41.4 cm³/mol. The average molecular weight is 320 g/mol. The van der Waals surface area contributed by atoms with E-state index < -0.39 is 0 Å². The van der Waals surface area contributed by atoms with E-state index in [2.05, 4.69) is 30.0 Å². The average Bonchev–Trinajstić information content (AvgIpc) is 1.90. The topological polar surface area (TPSA) is 25.8 Å². The molecular weight excluding hydrogens is 308 g/mol. The molecule has 0 spiro atoms. The van der Waals surface area contributed by atoms with Gasteiger partial charge in [0.1, 0.15) is 0 Å². The van der Waals surface area contributed by atoms with Crippen LogP contribution in [-0.4, -0.2) is 9.97 Å². The first-order chi connectivity index (χ1) is 4.30. The zero-order valence-electron chi connectivity index (χ0n) is 7.03. The molecule has 1 heterocycles. The predicted octanol–water partition coefficient (Wildman–Crippen LogP) is 1.85. The van der Waals surface area contributed by atoms with Crippen molar-refractivity contribution in [3.63, 3.8) is 0 Å². The molecule has 0 aliphatic heterocycles. The molecule has 0 aliphatic carbocycles. The molecule has 0 bridgehead atoms. The second kappa shape index (κ2) is 6.48. The van der Waals surface area contributed by atoms with Crippen LogP contribution in [0.15, 0.2) is 12.4 Å². The van der Waals surface area contributed by atoms with Crippen molar-refractivity contribution in [3.05, 3.63) is 31.7 Å². The van der Waals surface area contributed by atoms with Crippen molar-refractivity contribution in [2.75, 3.05) is 0 Å². The monoisotopic (exact) mass is 320 g/mol. The zero-order chi connectivity index (χ0) is 6.69. The number of nitrogens with zero attached hydrogens (tertiary/aromatic N) is 2. The van der Waals surface area contributed by atoms with E-state index in [1.54, 1.807) is 12.4 Å². The van der Waals surface area contributed by atoms with Gasteiger partial charge in [0.2, 0.25) is 0 Å². The molecule has 1 aromatic rings. The molecule has 0 unspecified atom stereocenters. The Morgan fingerprint density at radius 3 is 2.36 bits per heavy atom. The summed E-state index contributed by atoms with van der Waals surface area (Å²) in [6.07, 6.45) is 5.96. The quantitative estimate of drug-likeness (QED) is 0.738. The molecule has 3 heteroatoms. The molecule has 0 radical (unpaired) electrons. The summed E-state index contributed by atoms with van der Waals surface area (Å²) in [6.45, 7) is 4.17. The third-order valence-electron chi connectivity index (χ3n) is 1.13. The van der Waals surface area contributed by atoms with E-state index in [0.717, 1.165) is 5.69 Å². The number of rotatable bonds is 1. The summed E-state index contributed by atoms with van der Waals surface area (Å²) in [6, 6.07) is 0. The maximum absolute atomic E-state index is 4.06. The van der Waals surface area contributed by atoms with E-state index in [4.69, 9.17) is 0 Å². The van der Waals surface area contributed by atoms with Gasteiger partial charge in [-0.2, -0.15) is 0 Å². The Morgan fingerprint density at radius 1 is 1.45 bits per heavy atom. The molecule has 0 saturated carbocycles. The van der Waals surface area contributed by atoms with E-state index in [0.29, 0.717) is 5.92 Å². The van der Waals surface area contributed by atoms with E-state index in [-0.39, 0.29) is 28.5 Å². The minimum Gasteiger partial charge on any atom is -0.456 e. The summed E-state index contributed by atoms with van der Waals surface area (Å²) >= 11 is 0. The van der Waals surface area contributed by atoms with Gasteiger partial charge >= 0.3 is 21.1 Å². The number of hydrogen-bond acceptors (Lipinski definition) is 2. The van der Waals surface area contributed by atoms with Gasteiger partial charge in [-0.25, -0.2) is 0 Å². The van der Waals surface area contributed by atoms with Crippen molar-refractivity contribution in [2.24, 2.45) is 0 Å². The van der Waals surface area contributed by atoms with Crippen molar-refractivity contribution >= 4 is 0 Å². The van der Waals surface area contributed by atoms with E-state index >= 15 is 0 Å². The van der Waals surface area contributed by atoms with E-state index in [1.165, 1.54) is 0 Å². The molecule has 0 aromatic carbocycles. The summed E-state index contributed by atoms with van der Waals surface area (Å²) in [5.74, 6) is 0.465. The first kappa shape index (κ1) is 13.4. The molecule has 0 N–H and O–H groups in total. The fourth-order valence-corrected chi connectivity index (χ4v) is 0.572. The maximum Gasteiger partial charge on any atom is 2.00 e. The van der Waals surface area contributed by atoms with Gasteiger partial charge in [0.15, 0.2) is 0 Å². The Balaban J connectivity index is 0. The third kappa shape index (κ3) is 4.26. The third-order valence-corrected chi connectivity index (χ3v) is 1.13. The summed E-state index contributed by atoms with van der Waals surface area (Å²) in [5.41, 5.74) is 1.02. The van der Waals surface area contributed by atoms with E-state index in [9.17, 15) is 0 Å². The zero-order valence-corrected chi connectivity index (χ0v) is 9.97. The Kier molecular flexibility index (Phi) is 7.87. The van der Waals surface area contributed by atoms with E-state index in [1.807, 2.05) is 0 Å². The molecule has 0 atom stereocenters. The van der Waals surface area contributed by atoms with Crippen LogP contribution in [0.4, 0.5) is 0 Å². The minimum absolute atomic E-state index is 0. The summed E-state index contributed by atoms with van der Waals surface area (Å²) in [5, 5.41) is 0. The molecule has 0 fully saturated rings. The maximum atomic E-state index is 4.06. The first-order valence-electron chi connectivity index (χ1n) is 2.98. The van der Waals surface area contributed by atoms with Gasteiger partial charge < -0.3 is 12.4 Å². The Hall–Kier alpha value is -0.232. The summed E-state index contributed by atoms with van der Waals surface area (Å²) in [7, 11) is 0. The fraction of sp³-hybridized carbons (Fsp3) is 0.375. The molecule has 0 aliphatic rings. The molecule has 11 heavy (non-hydrogen) atoms. The first-order valence-corrected chi connectivity index (χ1v) is 2.98. The van der Waals surface area contributed by atoms with Crippen molar-refractivity contribution in [1.82, 2.24) is 9.97 Å². The van der Waals surface area contributed by atoms with Gasteiger partial charge in [0, 0.05) is 0 Å². The Labute approximate surface area is 82.7 Å². The molecule has 2 nitrogen and oxygen atoms in total. The van der Waals surface area contributed by atoms with Crippen LogP contribution < -0.4 is 0 Å². The second-order valence-electron chi connectivity index (χ2n) is 2.23. The molecule has 1 aromatic heterocycles. The summed E-state index contributed by atoms with van der Waals surface area (Å²) in [4.78, 5) is 7.88. The van der Waals surface area contributed by atoms with Crippen LogP contribution in [-0.2, 0) is 21.1 Å². The van der Waals surface area contributed by atoms with Gasteiger partial charge in [-0.05, 0) is 17.8 Å². The summed E-state index contributed by atoms with van der Waals surface area (Å²) < 4.78 is 0. The van der Waals surface area contributed by atoms with Gasteiger partial charge in [-0.15, -0.1) is 12.4 Å². The normalized spacial score (nSPS) is 8.27. The molecule has 0 saturated heterocycles. The van der Waals surface area contributed by atoms with Gasteiger partial charge in [-0.1, -0.05) is 13.8 Å². The Morgan fingerprint density at radius 2 is 2.09 bits per heavy atom. The SMILES string of the molecule is CC(C)c1cn[c-]cn1.[CH3-].[W+2]. The van der Waals surface area contributed by atoms with Crippen LogP contribution in [0.25, 0.3) is 0 Å². The van der Waals surface area contributed by atoms with Crippen molar-refractivity contribution < 1.29 is 21.1 Å². The largest absolute Gasteiger partial charge is 2.00 e. The molecule has 1 rings (SSSR count). The minimum atomic E-state index is 0. The van der Waals surface area contributed by atoms with Crippen LogP contribution in [0.5, 0.6) is 0 Å². The fourth-order valence-electron chi connectivity index (χ4n) is 0.572. The second-order valence-corrected chi connectivity index (χ2v) is 2.23. The van der Waals surface area contributed by atoms with Gasteiger partial charge in [0.25, 0.3) is 0 Å². The number of hydrogen-bond donors (Lipinski definition) is 0. The van der Waals surface area contributed by atoms with Gasteiger partial charge in [0.05, 0.1) is 0 Å². The van der Waals surface area contributed by atoms with Crippen molar-refractivity contribution in [2.45, 2.75) is 19.8 Å². The molecule has 60 valence electrons. The number of aromatic nitrogens is 2. The molecule has 0 amide bonds. The van der Waals surface area contributed by atoms with Crippen molar-refractivity contribution in [1.29, 1.82) is 0 Å². The van der Waals surface area contributed by atoms with Gasteiger partial charge in [-0.3, -0.25) is 4.98 Å². The van der Waals surface area contributed by atoms with Crippen molar-refractivity contribution in [3.8, 4) is 0 Å². The standard InChI is InChI=1S/C7H9N2.CH3.W/c1-6(2)7-5-8-3-4-9-7;;/h4-6H,1-2H3;1H3;/q2*-1;+2. The van der Waals surface area contributed by atoms with Crippen LogP contribution >= 0.6 is 0 Å².